The molecule has 0 aliphatic carbocycles. The number of hydrogen-bond donors (Lipinski definition) is 3. The smallest absolute Gasteiger partial charge is 0.328 e. The molecule has 0 spiro atoms. The van der Waals surface area contributed by atoms with E-state index in [1.807, 2.05) is 30.3 Å². The fraction of sp³-hybridized carbons (Fsp3) is 0.231. The molecule has 1 heterocycles. The molecule has 1 unspecified atom stereocenters. The highest BCUT2D eigenvalue weighted by atomic mass is 16.4. The zero-order valence-electron chi connectivity index (χ0n) is 10.2. The summed E-state index contributed by atoms with van der Waals surface area (Å²) in [6.45, 7) is -0.0647. The number of nitrogens with zero attached hydrogens (tertiary/aromatic N) is 1. The maximum Gasteiger partial charge on any atom is 0.328 e. The summed E-state index contributed by atoms with van der Waals surface area (Å²) in [6, 6.07) is 8.55. The third-order valence-corrected chi connectivity index (χ3v) is 2.88. The summed E-state index contributed by atoms with van der Waals surface area (Å²) in [6.07, 6.45) is 1.80. The monoisotopic (exact) mass is 261 g/mol. The molecule has 19 heavy (non-hydrogen) atoms. The molecule has 0 saturated carbocycles. The Kier molecular flexibility index (Phi) is 3.82. The molecule has 6 nitrogen and oxygen atoms in total. The number of aromatic nitrogens is 1. The maximum atomic E-state index is 11.2. The number of carbonyl (C=O) groups is 2. The van der Waals surface area contributed by atoms with Gasteiger partial charge in [-0.1, -0.05) is 18.2 Å². The summed E-state index contributed by atoms with van der Waals surface area (Å²) >= 11 is 0. The topological polar surface area (TPSA) is 97.4 Å². The Bertz CT molecular complexity index is 606. The van der Waals surface area contributed by atoms with Crippen molar-refractivity contribution in [2.45, 2.75) is 12.6 Å². The van der Waals surface area contributed by atoms with Gasteiger partial charge in [0.2, 0.25) is 5.91 Å². The van der Waals surface area contributed by atoms with Gasteiger partial charge in [-0.15, -0.1) is 0 Å². The molecule has 100 valence electrons. The van der Waals surface area contributed by atoms with Gasteiger partial charge in [-0.3, -0.25) is 4.79 Å². The second-order valence-corrected chi connectivity index (χ2v) is 4.19. The second kappa shape index (κ2) is 5.53. The molecule has 1 atom stereocenters. The minimum absolute atomic E-state index is 0.161. The summed E-state index contributed by atoms with van der Waals surface area (Å²) in [7, 11) is 0. The molecular weight excluding hydrogens is 246 g/mol. The Morgan fingerprint density at radius 3 is 2.74 bits per heavy atom. The predicted octanol–water partition coefficient (Wildman–Crippen LogP) is 0.169. The number of nitrogens with two attached hydrogens (primary N) is 1. The van der Waals surface area contributed by atoms with Crippen LogP contribution in [0.15, 0.2) is 36.5 Å². The van der Waals surface area contributed by atoms with Gasteiger partial charge in [-0.05, 0) is 17.5 Å². The molecule has 1 aromatic heterocycles. The largest absolute Gasteiger partial charge is 0.480 e. The van der Waals surface area contributed by atoms with Crippen LogP contribution in [0, 0.1) is 0 Å². The van der Waals surface area contributed by atoms with Crippen molar-refractivity contribution in [3.8, 4) is 0 Å². The number of para-hydroxylation sites is 1. The summed E-state index contributed by atoms with van der Waals surface area (Å²) in [5.74, 6) is -1.57. The van der Waals surface area contributed by atoms with E-state index in [2.05, 4.69) is 5.32 Å². The molecule has 2 aromatic rings. The van der Waals surface area contributed by atoms with Crippen LogP contribution in [0.2, 0.25) is 0 Å². The Hall–Kier alpha value is -2.34. The second-order valence-electron chi connectivity index (χ2n) is 4.19. The summed E-state index contributed by atoms with van der Waals surface area (Å²) in [5.41, 5.74) is 6.10. The van der Waals surface area contributed by atoms with Crippen LogP contribution in [-0.2, 0) is 16.1 Å². The molecule has 1 amide bonds. The van der Waals surface area contributed by atoms with Gasteiger partial charge in [0.1, 0.15) is 6.04 Å². The summed E-state index contributed by atoms with van der Waals surface area (Å²) < 4.78 is 1.80. The number of carboxylic acid groups (broad SMARTS) is 1. The fourth-order valence-electron chi connectivity index (χ4n) is 1.94. The number of rotatable bonds is 5. The molecule has 0 aliphatic rings. The van der Waals surface area contributed by atoms with Crippen molar-refractivity contribution < 1.29 is 14.7 Å². The van der Waals surface area contributed by atoms with Gasteiger partial charge in [-0.2, -0.15) is 0 Å². The van der Waals surface area contributed by atoms with Crippen LogP contribution in [-0.4, -0.2) is 34.1 Å². The highest BCUT2D eigenvalue weighted by Gasteiger charge is 2.20. The van der Waals surface area contributed by atoms with Crippen LogP contribution in [0.5, 0.6) is 0 Å². The van der Waals surface area contributed by atoms with Crippen molar-refractivity contribution in [1.29, 1.82) is 0 Å². The first-order valence-corrected chi connectivity index (χ1v) is 5.88. The molecule has 0 fully saturated rings. The molecule has 6 heteroatoms. The molecule has 2 rings (SSSR count). The van der Waals surface area contributed by atoms with E-state index in [4.69, 9.17) is 10.8 Å². The number of benzene rings is 1. The van der Waals surface area contributed by atoms with Crippen molar-refractivity contribution >= 4 is 22.8 Å². The lowest BCUT2D eigenvalue weighted by atomic mass is 10.2. The van der Waals surface area contributed by atoms with E-state index in [0.717, 1.165) is 10.9 Å². The Labute approximate surface area is 109 Å². The highest BCUT2D eigenvalue weighted by molar-refractivity contribution is 5.85. The lowest BCUT2D eigenvalue weighted by Gasteiger charge is -2.15. The number of carboxylic acids is 1. The third-order valence-electron chi connectivity index (χ3n) is 2.88. The van der Waals surface area contributed by atoms with E-state index in [-0.39, 0.29) is 13.1 Å². The Morgan fingerprint density at radius 1 is 1.32 bits per heavy atom. The average Bonchev–Trinajstić information content (AvgIpc) is 2.81. The first-order valence-electron chi connectivity index (χ1n) is 5.88. The van der Waals surface area contributed by atoms with Crippen LogP contribution < -0.4 is 11.1 Å². The van der Waals surface area contributed by atoms with Crippen LogP contribution >= 0.6 is 0 Å². The van der Waals surface area contributed by atoms with Crippen LogP contribution in [0.3, 0.4) is 0 Å². The van der Waals surface area contributed by atoms with Gasteiger partial charge in [0, 0.05) is 11.7 Å². The van der Waals surface area contributed by atoms with E-state index in [9.17, 15) is 9.59 Å². The first-order chi connectivity index (χ1) is 9.11. The van der Waals surface area contributed by atoms with Crippen molar-refractivity contribution in [2.24, 2.45) is 5.73 Å². The van der Waals surface area contributed by atoms with Gasteiger partial charge >= 0.3 is 5.97 Å². The van der Waals surface area contributed by atoms with Crippen molar-refractivity contribution in [3.05, 3.63) is 36.5 Å². The number of carbonyl (C=O) groups excluding carboxylic acids is 1. The van der Waals surface area contributed by atoms with Gasteiger partial charge in [0.25, 0.3) is 0 Å². The molecule has 0 bridgehead atoms. The van der Waals surface area contributed by atoms with Crippen LogP contribution in [0.4, 0.5) is 0 Å². The van der Waals surface area contributed by atoms with Crippen molar-refractivity contribution in [2.75, 3.05) is 6.54 Å². The minimum Gasteiger partial charge on any atom is -0.480 e. The molecule has 0 aliphatic heterocycles. The minimum atomic E-state index is -1.08. The van der Waals surface area contributed by atoms with E-state index >= 15 is 0 Å². The molecule has 0 radical (unpaired) electrons. The first kappa shape index (κ1) is 13.1. The SMILES string of the molecule is NCC(=O)NC(Cn1ccc2ccccc21)C(=O)O. The number of fused-ring (bicyclic) bond motifs is 1. The van der Waals surface area contributed by atoms with E-state index in [1.54, 1.807) is 10.8 Å². The van der Waals surface area contributed by atoms with E-state index in [0.29, 0.717) is 0 Å². The molecule has 1 aromatic carbocycles. The molecular formula is C13H15N3O3. The molecule has 0 saturated heterocycles. The quantitative estimate of drug-likeness (QED) is 0.714. The van der Waals surface area contributed by atoms with E-state index < -0.39 is 17.9 Å². The highest BCUT2D eigenvalue weighted by Crippen LogP contribution is 2.15. The zero-order chi connectivity index (χ0) is 13.8. The Balaban J connectivity index is 2.21. The normalized spacial score (nSPS) is 12.3. The third kappa shape index (κ3) is 2.92. The van der Waals surface area contributed by atoms with Crippen LogP contribution in [0.25, 0.3) is 10.9 Å². The van der Waals surface area contributed by atoms with Gasteiger partial charge < -0.3 is 20.7 Å². The number of hydrogen-bond acceptors (Lipinski definition) is 3. The van der Waals surface area contributed by atoms with Gasteiger partial charge in [-0.25, -0.2) is 4.79 Å². The number of nitrogens with one attached hydrogen (secondary N) is 1. The van der Waals surface area contributed by atoms with Crippen LogP contribution in [0.1, 0.15) is 0 Å². The average molecular weight is 261 g/mol. The summed E-state index contributed by atoms with van der Waals surface area (Å²) in [4.78, 5) is 22.4. The number of aliphatic carboxylic acids is 1. The van der Waals surface area contributed by atoms with Gasteiger partial charge in [0.15, 0.2) is 0 Å². The number of amides is 1. The lowest BCUT2D eigenvalue weighted by Crippen LogP contribution is -2.45. The Morgan fingerprint density at radius 2 is 2.05 bits per heavy atom. The van der Waals surface area contributed by atoms with Gasteiger partial charge in [0.05, 0.1) is 13.1 Å². The van der Waals surface area contributed by atoms with Crippen molar-refractivity contribution in [3.63, 3.8) is 0 Å². The van der Waals surface area contributed by atoms with Crippen molar-refractivity contribution in [1.82, 2.24) is 9.88 Å². The standard InChI is InChI=1S/C13H15N3O3/c14-7-12(17)15-10(13(18)19)8-16-6-5-9-3-1-2-4-11(9)16/h1-6,10H,7-8,14H2,(H,15,17)(H,18,19). The van der Waals surface area contributed by atoms with E-state index in [1.165, 1.54) is 0 Å². The predicted molar refractivity (Wildman–Crippen MR) is 70.6 cm³/mol. The fourth-order valence-corrected chi connectivity index (χ4v) is 1.94. The zero-order valence-corrected chi connectivity index (χ0v) is 10.2. The maximum absolute atomic E-state index is 11.2. The lowest BCUT2D eigenvalue weighted by molar-refractivity contribution is -0.142. The summed E-state index contributed by atoms with van der Waals surface area (Å²) in [5, 5.41) is 12.5. The molecule has 4 N–H and O–H groups in total.